The number of hydrogen-bond donors (Lipinski definition) is 0. The fourth-order valence-corrected chi connectivity index (χ4v) is 4.72. The number of aryl methyl sites for hydroxylation is 2. The van der Waals surface area contributed by atoms with E-state index in [1.807, 2.05) is 43.5 Å². The van der Waals surface area contributed by atoms with Crippen LogP contribution in [0.2, 0.25) is 0 Å². The predicted molar refractivity (Wildman–Crippen MR) is 220 cm³/mol. The quantitative estimate of drug-likeness (QED) is 0.213. The number of rotatable bonds is 7. The first-order valence-electron chi connectivity index (χ1n) is 14.3. The molecule has 227 valence electrons. The molecule has 3 rings (SSSR count). The second-order valence-electron chi connectivity index (χ2n) is 9.54. The molecular weight excluding hydrogens is 693 g/mol. The van der Waals surface area contributed by atoms with Gasteiger partial charge >= 0.3 is 11.9 Å². The monoisotopic (exact) mass is 718 g/mol. The van der Waals surface area contributed by atoms with Gasteiger partial charge in [-0.2, -0.15) is 0 Å². The molecule has 0 N–H and O–H groups in total. The molecule has 5 nitrogen and oxygen atoms in total. The lowest BCUT2D eigenvalue weighted by atomic mass is 8.56. The first-order chi connectivity index (χ1) is 23.8. The minimum atomic E-state index is -0.648. The maximum atomic E-state index is 11.4. The van der Waals surface area contributed by atoms with Crippen LogP contribution in [-0.4, -0.2) is 110 Å². The SMILES string of the molecule is C=C=C=C=C=C=C=C=C=C=C.COC(=O)c1ccc(-c2nccs2)cc1C.COC(=O)c1ccc(Br)cc1C.[B][B]B([B])B(B([B])[B])B([B])[B]. The molecule has 0 aliphatic heterocycles. The molecular formula is C32H24B11BrNO4S. The Labute approximate surface area is 318 Å². The second-order valence-corrected chi connectivity index (χ2v) is 11.4. The lowest BCUT2D eigenvalue weighted by molar-refractivity contribution is 0.0591. The molecule has 2 aromatic carbocycles. The Bertz CT molecular complexity index is 1850. The summed E-state index contributed by atoms with van der Waals surface area (Å²) in [7, 11) is 36.2. The molecule has 0 saturated carbocycles. The van der Waals surface area contributed by atoms with E-state index in [9.17, 15) is 9.59 Å². The van der Waals surface area contributed by atoms with E-state index < -0.39 is 19.2 Å². The summed E-state index contributed by atoms with van der Waals surface area (Å²) in [5, 5.41) is 2.89. The number of carbonyl (C=O) groups is 2. The Hall–Kier alpha value is -4.04. The van der Waals surface area contributed by atoms with Gasteiger partial charge in [0.25, 0.3) is 0 Å². The van der Waals surface area contributed by atoms with Crippen LogP contribution in [0.15, 0.2) is 117 Å². The van der Waals surface area contributed by atoms with Crippen molar-refractivity contribution in [1.82, 2.24) is 4.98 Å². The summed E-state index contributed by atoms with van der Waals surface area (Å²) < 4.78 is 10.3. The highest BCUT2D eigenvalue weighted by Gasteiger charge is 2.26. The second kappa shape index (κ2) is 26.8. The Balaban J connectivity index is 0.000000651. The molecule has 0 aliphatic rings. The third kappa shape index (κ3) is 18.1. The molecule has 1 heterocycles. The van der Waals surface area contributed by atoms with E-state index >= 15 is 0 Å². The molecule has 0 saturated heterocycles. The van der Waals surface area contributed by atoms with Gasteiger partial charge in [-0.1, -0.05) is 33.5 Å². The average molecular weight is 717 g/mol. The molecule has 0 amide bonds. The van der Waals surface area contributed by atoms with Gasteiger partial charge in [0.2, 0.25) is 0 Å². The van der Waals surface area contributed by atoms with E-state index in [1.165, 1.54) is 21.3 Å². The minimum absolute atomic E-state index is 0.292. The number of thiazole rings is 1. The number of esters is 2. The lowest BCUT2D eigenvalue weighted by Crippen LogP contribution is -2.63. The van der Waals surface area contributed by atoms with Crippen LogP contribution in [0.25, 0.3) is 10.6 Å². The molecule has 0 spiro atoms. The molecule has 0 aliphatic carbocycles. The van der Waals surface area contributed by atoms with Gasteiger partial charge in [-0.25, -0.2) is 14.6 Å². The van der Waals surface area contributed by atoms with Gasteiger partial charge in [0.1, 0.15) is 5.01 Å². The van der Waals surface area contributed by atoms with Crippen LogP contribution in [0.5, 0.6) is 0 Å². The third-order valence-electron chi connectivity index (χ3n) is 6.01. The largest absolute Gasteiger partial charge is 0.465 e. The first kappa shape index (κ1) is 46.0. The van der Waals surface area contributed by atoms with Gasteiger partial charge in [0, 0.05) is 101 Å². The summed E-state index contributed by atoms with van der Waals surface area (Å²) in [6.45, 7) is 10.3. The van der Waals surface area contributed by atoms with Crippen molar-refractivity contribution in [2.45, 2.75) is 13.8 Å². The van der Waals surface area contributed by atoms with Crippen LogP contribution in [0.4, 0.5) is 0 Å². The van der Waals surface area contributed by atoms with Crippen molar-refractivity contribution in [3.05, 3.63) is 139 Å². The van der Waals surface area contributed by atoms with Crippen LogP contribution in [0.3, 0.4) is 0 Å². The van der Waals surface area contributed by atoms with Crippen molar-refractivity contribution in [3.63, 3.8) is 0 Å². The summed E-state index contributed by atoms with van der Waals surface area (Å²) in [5.41, 5.74) is 26.0. The molecule has 50 heavy (non-hydrogen) atoms. The van der Waals surface area contributed by atoms with E-state index in [0.717, 1.165) is 26.2 Å². The van der Waals surface area contributed by atoms with Crippen molar-refractivity contribution in [2.24, 2.45) is 0 Å². The van der Waals surface area contributed by atoms with E-state index in [-0.39, 0.29) is 18.3 Å². The highest BCUT2D eigenvalue weighted by molar-refractivity contribution is 9.10. The highest BCUT2D eigenvalue weighted by atomic mass is 79.9. The van der Waals surface area contributed by atoms with Crippen molar-refractivity contribution < 1.29 is 19.1 Å². The standard InChI is InChI=1S/C12H11NO2S.C11H4.C9H9BrO2.B11/c1-8-7-9(11-13-5-6-16-11)3-4-10(8)12(14)15-2;1-3-5-7-9-11-10-8-6-4-2;1-6-5-7(10)3-4-8(6)9(11)12-2;1-7-10(6)11(8(2)3)9(4)5/h3-7H,1-2H3;1-2H2;3-5H,1-2H3;. The Morgan fingerprint density at radius 3 is 1.60 bits per heavy atom. The van der Waals surface area contributed by atoms with Gasteiger partial charge in [-0.3, -0.25) is 0 Å². The van der Waals surface area contributed by atoms with Crippen LogP contribution in [-0.2, 0) is 9.47 Å². The third-order valence-corrected chi connectivity index (χ3v) is 7.33. The molecule has 13 radical (unpaired) electrons. The number of halogens is 1. The number of nitrogens with zero attached hydrogens (tertiary/aromatic N) is 1. The molecule has 18 heteroatoms. The van der Waals surface area contributed by atoms with E-state index in [4.69, 9.17) is 51.2 Å². The molecule has 0 unspecified atom stereocenters. The number of aromatic nitrogens is 1. The molecule has 1 aromatic heterocycles. The summed E-state index contributed by atoms with van der Waals surface area (Å²) in [4.78, 5) is 26.7. The Morgan fingerprint density at radius 1 is 0.800 bits per heavy atom. The van der Waals surface area contributed by atoms with E-state index in [0.29, 0.717) is 11.1 Å². The number of ether oxygens (including phenoxy) is 2. The molecule has 0 atom stereocenters. The number of methoxy groups -OCH3 is 2. The maximum absolute atomic E-state index is 11.4. The predicted octanol–water partition coefficient (Wildman–Crippen LogP) is 3.46. The van der Waals surface area contributed by atoms with Crippen LogP contribution < -0.4 is 0 Å². The Morgan fingerprint density at radius 2 is 1.26 bits per heavy atom. The van der Waals surface area contributed by atoms with E-state index in [1.54, 1.807) is 29.7 Å². The summed E-state index contributed by atoms with van der Waals surface area (Å²) >= 11 is 4.89. The minimum Gasteiger partial charge on any atom is -0.465 e. The Kier molecular flexibility index (Phi) is 24.6. The zero-order valence-corrected chi connectivity index (χ0v) is 30.7. The van der Waals surface area contributed by atoms with Gasteiger partial charge < -0.3 is 9.47 Å². The van der Waals surface area contributed by atoms with Crippen molar-refractivity contribution in [3.8, 4) is 10.6 Å². The van der Waals surface area contributed by atoms with Crippen LogP contribution >= 0.6 is 27.3 Å². The number of carbonyl (C=O) groups excluding carboxylic acids is 2. The fourth-order valence-electron chi connectivity index (χ4n) is 3.61. The smallest absolute Gasteiger partial charge is 0.338 e. The number of benzene rings is 2. The molecule has 0 bridgehead atoms. The zero-order chi connectivity index (χ0) is 38.1. The fraction of sp³-hybridized carbons (Fsp3) is 0.125. The van der Waals surface area contributed by atoms with Gasteiger partial charge in [-0.05, 0) is 109 Å². The van der Waals surface area contributed by atoms with Crippen molar-refractivity contribution in [1.29, 1.82) is 0 Å². The highest BCUT2D eigenvalue weighted by Crippen LogP contribution is 2.24. The lowest BCUT2D eigenvalue weighted by Gasteiger charge is -2.25. The van der Waals surface area contributed by atoms with Gasteiger partial charge in [-0.15, -0.1) is 11.3 Å². The summed E-state index contributed by atoms with van der Waals surface area (Å²) in [5.74, 6) is -0.594. The molecule has 0 fully saturated rings. The molecule has 3 aromatic rings. The number of hydrogen-bond acceptors (Lipinski definition) is 6. The van der Waals surface area contributed by atoms with Gasteiger partial charge in [0.05, 0.1) is 25.3 Å². The topological polar surface area (TPSA) is 65.5 Å². The zero-order valence-electron chi connectivity index (χ0n) is 28.3. The van der Waals surface area contributed by atoms with Crippen LogP contribution in [0, 0.1) is 13.8 Å². The normalized spacial score (nSPS) is 8.18. The van der Waals surface area contributed by atoms with Crippen molar-refractivity contribution >= 4 is 118 Å². The van der Waals surface area contributed by atoms with Gasteiger partial charge in [0.15, 0.2) is 0 Å². The maximum Gasteiger partial charge on any atom is 0.338 e. The van der Waals surface area contributed by atoms with Crippen molar-refractivity contribution in [2.75, 3.05) is 14.2 Å². The van der Waals surface area contributed by atoms with Crippen LogP contribution in [0.1, 0.15) is 31.8 Å². The average Bonchev–Trinajstić information content (AvgIpc) is 3.63. The summed E-state index contributed by atoms with van der Waals surface area (Å²) in [6, 6.07) is 11.1. The first-order valence-corrected chi connectivity index (χ1v) is 16.0. The summed E-state index contributed by atoms with van der Waals surface area (Å²) in [6.07, 6.45) is -0.381. The van der Waals surface area contributed by atoms with E-state index in [2.05, 4.69) is 90.4 Å².